The van der Waals surface area contributed by atoms with Crippen molar-refractivity contribution in [3.05, 3.63) is 24.3 Å². The Bertz CT molecular complexity index is 268. The lowest BCUT2D eigenvalue weighted by Crippen LogP contribution is -1.92. The third-order valence-corrected chi connectivity index (χ3v) is 1.28. The van der Waals surface area contributed by atoms with Crippen LogP contribution in [0.25, 0.3) is 0 Å². The molecule has 1 aliphatic heterocycles. The third-order valence-electron chi connectivity index (χ3n) is 1.28. The maximum absolute atomic E-state index is 9.00. The van der Waals surface area contributed by atoms with E-state index >= 15 is 0 Å². The van der Waals surface area contributed by atoms with Gasteiger partial charge in [0.15, 0.2) is 11.5 Å². The van der Waals surface area contributed by atoms with Gasteiger partial charge in [0.2, 0.25) is 6.79 Å². The van der Waals surface area contributed by atoms with Crippen LogP contribution in [0.1, 0.15) is 6.92 Å². The van der Waals surface area contributed by atoms with Crippen molar-refractivity contribution in [2.45, 2.75) is 6.92 Å². The highest BCUT2D eigenvalue weighted by Gasteiger charge is 2.09. The van der Waals surface area contributed by atoms with E-state index in [0.717, 1.165) is 18.4 Å². The summed E-state index contributed by atoms with van der Waals surface area (Å²) in [4.78, 5) is 9.00. The van der Waals surface area contributed by atoms with Crippen LogP contribution in [-0.2, 0) is 4.79 Å². The smallest absolute Gasteiger partial charge is 0.300 e. The van der Waals surface area contributed by atoms with E-state index in [2.05, 4.69) is 0 Å². The van der Waals surface area contributed by atoms with Crippen molar-refractivity contribution in [1.29, 1.82) is 0 Å². The Kier molecular flexibility index (Phi) is 3.14. The van der Waals surface area contributed by atoms with Gasteiger partial charge < -0.3 is 14.6 Å². The van der Waals surface area contributed by atoms with Crippen LogP contribution in [0.5, 0.6) is 11.5 Å². The third kappa shape index (κ3) is 3.02. The second-order valence-electron chi connectivity index (χ2n) is 2.37. The van der Waals surface area contributed by atoms with Gasteiger partial charge in [0.25, 0.3) is 5.97 Å². The van der Waals surface area contributed by atoms with E-state index in [1.54, 1.807) is 0 Å². The first kappa shape index (κ1) is 9.38. The van der Waals surface area contributed by atoms with E-state index < -0.39 is 5.97 Å². The molecule has 70 valence electrons. The van der Waals surface area contributed by atoms with Crippen LogP contribution in [0.4, 0.5) is 0 Å². The Balaban J connectivity index is 0.000000184. The number of aliphatic carboxylic acids is 1. The Morgan fingerprint density at radius 2 is 1.69 bits per heavy atom. The Labute approximate surface area is 75.7 Å². The van der Waals surface area contributed by atoms with E-state index in [0.29, 0.717) is 6.79 Å². The molecule has 0 saturated heterocycles. The van der Waals surface area contributed by atoms with Gasteiger partial charge in [-0.3, -0.25) is 4.79 Å². The van der Waals surface area contributed by atoms with Gasteiger partial charge in [-0.15, -0.1) is 0 Å². The fraction of sp³-hybridized carbons (Fsp3) is 0.222. The molecule has 0 amide bonds. The van der Waals surface area contributed by atoms with Gasteiger partial charge in [0, 0.05) is 6.92 Å². The van der Waals surface area contributed by atoms with Crippen LogP contribution in [0, 0.1) is 0 Å². The minimum atomic E-state index is -0.833. The number of carboxylic acid groups (broad SMARTS) is 1. The molecule has 1 aromatic rings. The highest BCUT2D eigenvalue weighted by Crippen LogP contribution is 2.30. The zero-order valence-corrected chi connectivity index (χ0v) is 7.19. The molecule has 1 aliphatic rings. The summed E-state index contributed by atoms with van der Waals surface area (Å²) in [5.41, 5.74) is 0. The van der Waals surface area contributed by atoms with Crippen LogP contribution in [0.2, 0.25) is 0 Å². The largest absolute Gasteiger partial charge is 0.481 e. The maximum atomic E-state index is 9.00. The molecule has 1 heterocycles. The van der Waals surface area contributed by atoms with Crippen molar-refractivity contribution in [2.24, 2.45) is 0 Å². The van der Waals surface area contributed by atoms with Gasteiger partial charge in [-0.05, 0) is 12.1 Å². The molecule has 0 atom stereocenters. The highest BCUT2D eigenvalue weighted by atomic mass is 16.7. The Morgan fingerprint density at radius 1 is 1.31 bits per heavy atom. The Morgan fingerprint density at radius 3 is 2.08 bits per heavy atom. The molecule has 0 bridgehead atoms. The topological polar surface area (TPSA) is 55.8 Å². The van der Waals surface area contributed by atoms with Crippen molar-refractivity contribution in [2.75, 3.05) is 6.79 Å². The molecule has 0 radical (unpaired) electrons. The predicted molar refractivity (Wildman–Crippen MR) is 45.9 cm³/mol. The van der Waals surface area contributed by atoms with Gasteiger partial charge >= 0.3 is 0 Å². The fourth-order valence-corrected chi connectivity index (χ4v) is 0.845. The number of carbonyl (C=O) groups is 1. The summed E-state index contributed by atoms with van der Waals surface area (Å²) in [5.74, 6) is 0.856. The molecular formula is C9H10O4. The van der Waals surface area contributed by atoms with Crippen molar-refractivity contribution >= 4 is 5.97 Å². The number of ether oxygens (including phenoxy) is 2. The molecule has 2 rings (SSSR count). The zero-order chi connectivity index (χ0) is 9.68. The minimum Gasteiger partial charge on any atom is -0.481 e. The van der Waals surface area contributed by atoms with Crippen molar-refractivity contribution in [1.82, 2.24) is 0 Å². The number of rotatable bonds is 0. The summed E-state index contributed by atoms with van der Waals surface area (Å²) in [5, 5.41) is 7.42. The lowest BCUT2D eigenvalue weighted by atomic mass is 10.3. The van der Waals surface area contributed by atoms with Gasteiger partial charge in [-0.25, -0.2) is 0 Å². The molecule has 4 nitrogen and oxygen atoms in total. The summed E-state index contributed by atoms with van der Waals surface area (Å²) in [6, 6.07) is 7.63. The number of hydrogen-bond acceptors (Lipinski definition) is 3. The molecule has 0 fully saturated rings. The quantitative estimate of drug-likeness (QED) is 0.660. The number of carboxylic acids is 1. The molecular weight excluding hydrogens is 172 g/mol. The fourth-order valence-electron chi connectivity index (χ4n) is 0.845. The summed E-state index contributed by atoms with van der Waals surface area (Å²) in [6.07, 6.45) is 0. The first-order chi connectivity index (χ1) is 6.20. The summed E-state index contributed by atoms with van der Waals surface area (Å²) < 4.78 is 10.2. The second-order valence-corrected chi connectivity index (χ2v) is 2.37. The molecule has 1 N–H and O–H groups in total. The molecule has 0 aromatic heterocycles. The SMILES string of the molecule is CC(=O)O.c1ccc2c(c1)OCO2. The number of para-hydroxylation sites is 2. The molecule has 0 aliphatic carbocycles. The summed E-state index contributed by atoms with van der Waals surface area (Å²) in [7, 11) is 0. The summed E-state index contributed by atoms with van der Waals surface area (Å²) in [6.45, 7) is 1.44. The van der Waals surface area contributed by atoms with Gasteiger partial charge in [-0.1, -0.05) is 12.1 Å². The lowest BCUT2D eigenvalue weighted by Gasteiger charge is -1.89. The standard InChI is InChI=1S/C7H6O2.C2H4O2/c1-2-4-7-6(3-1)8-5-9-7;1-2(3)4/h1-4H,5H2;1H3,(H,3,4). The minimum absolute atomic E-state index is 0.360. The van der Waals surface area contributed by atoms with Crippen molar-refractivity contribution < 1.29 is 19.4 Å². The van der Waals surface area contributed by atoms with Gasteiger partial charge in [0.1, 0.15) is 0 Å². The average Bonchev–Trinajstić information content (AvgIpc) is 2.49. The van der Waals surface area contributed by atoms with E-state index in [1.165, 1.54) is 0 Å². The normalized spacial score (nSPS) is 11.5. The van der Waals surface area contributed by atoms with Gasteiger partial charge in [0.05, 0.1) is 0 Å². The van der Waals surface area contributed by atoms with Crippen LogP contribution in [-0.4, -0.2) is 17.9 Å². The number of fused-ring (bicyclic) bond motifs is 1. The molecule has 0 saturated carbocycles. The highest BCUT2D eigenvalue weighted by molar-refractivity contribution is 5.62. The second kappa shape index (κ2) is 4.35. The first-order valence-electron chi connectivity index (χ1n) is 3.74. The maximum Gasteiger partial charge on any atom is 0.300 e. The summed E-state index contributed by atoms with van der Waals surface area (Å²) >= 11 is 0. The van der Waals surface area contributed by atoms with Gasteiger partial charge in [-0.2, -0.15) is 0 Å². The van der Waals surface area contributed by atoms with E-state index in [4.69, 9.17) is 19.4 Å². The van der Waals surface area contributed by atoms with Crippen LogP contribution in [0.3, 0.4) is 0 Å². The molecule has 13 heavy (non-hydrogen) atoms. The van der Waals surface area contributed by atoms with Crippen molar-refractivity contribution in [3.63, 3.8) is 0 Å². The molecule has 1 aromatic carbocycles. The van der Waals surface area contributed by atoms with E-state index in [9.17, 15) is 0 Å². The number of hydrogen-bond donors (Lipinski definition) is 1. The average molecular weight is 182 g/mol. The molecule has 0 unspecified atom stereocenters. The van der Waals surface area contributed by atoms with Crippen LogP contribution < -0.4 is 9.47 Å². The van der Waals surface area contributed by atoms with E-state index in [-0.39, 0.29) is 0 Å². The Hall–Kier alpha value is -1.71. The lowest BCUT2D eigenvalue weighted by molar-refractivity contribution is -0.134. The van der Waals surface area contributed by atoms with Crippen LogP contribution in [0.15, 0.2) is 24.3 Å². The number of benzene rings is 1. The molecule has 0 spiro atoms. The monoisotopic (exact) mass is 182 g/mol. The zero-order valence-electron chi connectivity index (χ0n) is 7.19. The van der Waals surface area contributed by atoms with E-state index in [1.807, 2.05) is 24.3 Å². The van der Waals surface area contributed by atoms with Crippen molar-refractivity contribution in [3.8, 4) is 11.5 Å². The predicted octanol–water partition coefficient (Wildman–Crippen LogP) is 1.51. The first-order valence-corrected chi connectivity index (χ1v) is 3.74. The molecule has 4 heteroatoms. The van der Waals surface area contributed by atoms with Crippen LogP contribution >= 0.6 is 0 Å².